The van der Waals surface area contributed by atoms with Crippen molar-refractivity contribution in [1.82, 2.24) is 8.87 Å². The van der Waals surface area contributed by atoms with E-state index in [1.54, 1.807) is 31.2 Å². The molecule has 0 fully saturated rings. The van der Waals surface area contributed by atoms with Crippen molar-refractivity contribution in [3.8, 4) is 0 Å². The van der Waals surface area contributed by atoms with Crippen molar-refractivity contribution < 1.29 is 22.7 Å². The number of fused-ring (bicyclic) bond motifs is 1. The van der Waals surface area contributed by atoms with Gasteiger partial charge in [0.25, 0.3) is 5.91 Å². The number of rotatable bonds is 11. The molecule has 188 valence electrons. The molecule has 0 unspecified atom stereocenters. The molecule has 0 spiro atoms. The zero-order valence-corrected chi connectivity index (χ0v) is 21.6. The molecule has 0 saturated heterocycles. The second-order valence-corrected chi connectivity index (χ2v) is 10.5. The second kappa shape index (κ2) is 11.9. The first-order chi connectivity index (χ1) is 17.3. The van der Waals surface area contributed by atoms with E-state index in [1.165, 1.54) is 52.1 Å². The number of amides is 1. The Morgan fingerprint density at radius 3 is 2.25 bits per heavy atom. The minimum absolute atomic E-state index is 0.0535. The number of hydrogen-bond donors (Lipinski definition) is 0. The lowest BCUT2D eigenvalue weighted by molar-refractivity contribution is 0.0526. The fraction of sp³-hybridized carbons (Fsp3) is 0.192. The molecule has 0 aliphatic carbocycles. The zero-order chi connectivity index (χ0) is 26.3. The van der Waals surface area contributed by atoms with Gasteiger partial charge in [0.1, 0.15) is 0 Å². The summed E-state index contributed by atoms with van der Waals surface area (Å²) in [6.45, 7) is 13.7. The van der Waals surface area contributed by atoms with Gasteiger partial charge in [0.2, 0.25) is 10.0 Å². The SMILES string of the molecule is C=CCN(CC=C)S(=O)(=O)c1ccc(C(=O)N=c2sc3cc(C(=O)OCC)ccc3n2CC=C)cc1. The molecule has 10 heteroatoms. The predicted octanol–water partition coefficient (Wildman–Crippen LogP) is 4.17. The van der Waals surface area contributed by atoms with Crippen LogP contribution < -0.4 is 4.80 Å². The van der Waals surface area contributed by atoms with Crippen LogP contribution in [0.5, 0.6) is 0 Å². The highest BCUT2D eigenvalue weighted by atomic mass is 32.2. The van der Waals surface area contributed by atoms with Gasteiger partial charge >= 0.3 is 5.97 Å². The van der Waals surface area contributed by atoms with Crippen LogP contribution in [0.15, 0.2) is 90.3 Å². The summed E-state index contributed by atoms with van der Waals surface area (Å²) in [5.74, 6) is -0.949. The molecule has 0 saturated carbocycles. The van der Waals surface area contributed by atoms with Crippen LogP contribution in [-0.4, -0.2) is 48.9 Å². The summed E-state index contributed by atoms with van der Waals surface area (Å²) in [7, 11) is -3.78. The molecule has 1 heterocycles. The van der Waals surface area contributed by atoms with Crippen molar-refractivity contribution in [2.45, 2.75) is 18.4 Å². The van der Waals surface area contributed by atoms with Crippen molar-refractivity contribution in [2.24, 2.45) is 4.99 Å². The number of nitrogens with zero attached hydrogens (tertiary/aromatic N) is 3. The molecule has 0 bridgehead atoms. The maximum absolute atomic E-state index is 12.9. The Bertz CT molecular complexity index is 1470. The van der Waals surface area contributed by atoms with Crippen LogP contribution in [0.25, 0.3) is 10.2 Å². The number of allylic oxidation sites excluding steroid dienone is 1. The number of hydrogen-bond acceptors (Lipinski definition) is 6. The molecule has 3 aromatic rings. The second-order valence-electron chi connectivity index (χ2n) is 7.53. The Kier molecular flexibility index (Phi) is 8.92. The third kappa shape index (κ3) is 5.78. The van der Waals surface area contributed by atoms with Gasteiger partial charge in [-0.15, -0.1) is 19.7 Å². The Morgan fingerprint density at radius 1 is 1.03 bits per heavy atom. The van der Waals surface area contributed by atoms with E-state index in [4.69, 9.17) is 4.74 Å². The van der Waals surface area contributed by atoms with E-state index in [1.807, 2.05) is 4.57 Å². The lowest BCUT2D eigenvalue weighted by Crippen LogP contribution is -2.31. The number of esters is 1. The monoisotopic (exact) mass is 525 g/mol. The highest BCUT2D eigenvalue weighted by Crippen LogP contribution is 2.21. The van der Waals surface area contributed by atoms with Gasteiger partial charge in [-0.25, -0.2) is 13.2 Å². The largest absolute Gasteiger partial charge is 0.462 e. The van der Waals surface area contributed by atoms with Crippen LogP contribution in [-0.2, 0) is 21.3 Å². The number of thiazole rings is 1. The van der Waals surface area contributed by atoms with Crippen molar-refractivity contribution in [3.05, 3.63) is 96.4 Å². The summed E-state index contributed by atoms with van der Waals surface area (Å²) in [5, 5.41) is 0. The number of carbonyl (C=O) groups is 2. The Hall–Kier alpha value is -3.60. The molecule has 36 heavy (non-hydrogen) atoms. The summed E-state index contributed by atoms with van der Waals surface area (Å²) in [6, 6.07) is 10.8. The maximum atomic E-state index is 12.9. The van der Waals surface area contributed by atoms with Gasteiger partial charge in [-0.3, -0.25) is 4.79 Å². The number of sulfonamides is 1. The molecule has 1 amide bonds. The number of benzene rings is 2. The lowest BCUT2D eigenvalue weighted by Gasteiger charge is -2.19. The number of aromatic nitrogens is 1. The first kappa shape index (κ1) is 27.0. The molecule has 0 aliphatic heterocycles. The van der Waals surface area contributed by atoms with Gasteiger partial charge in [-0.2, -0.15) is 9.30 Å². The predicted molar refractivity (Wildman–Crippen MR) is 141 cm³/mol. The van der Waals surface area contributed by atoms with Crippen molar-refractivity contribution in [1.29, 1.82) is 0 Å². The summed E-state index contributed by atoms with van der Waals surface area (Å²) >= 11 is 1.26. The minimum atomic E-state index is -3.78. The highest BCUT2D eigenvalue weighted by molar-refractivity contribution is 7.89. The molecule has 2 aromatic carbocycles. The quantitative estimate of drug-likeness (QED) is 0.276. The maximum Gasteiger partial charge on any atom is 0.338 e. The van der Waals surface area contributed by atoms with Gasteiger partial charge in [0.15, 0.2) is 4.80 Å². The molecular formula is C26H27N3O5S2. The van der Waals surface area contributed by atoms with Gasteiger partial charge in [-0.05, 0) is 49.4 Å². The fourth-order valence-electron chi connectivity index (χ4n) is 3.43. The first-order valence-electron chi connectivity index (χ1n) is 11.1. The molecule has 0 radical (unpaired) electrons. The average molecular weight is 526 g/mol. The van der Waals surface area contributed by atoms with Crippen LogP contribution >= 0.6 is 11.3 Å². The smallest absolute Gasteiger partial charge is 0.338 e. The first-order valence-corrected chi connectivity index (χ1v) is 13.3. The van der Waals surface area contributed by atoms with E-state index < -0.39 is 21.9 Å². The van der Waals surface area contributed by atoms with E-state index in [0.29, 0.717) is 16.9 Å². The summed E-state index contributed by atoms with van der Waals surface area (Å²) < 4.78 is 34.7. The standard InChI is InChI=1S/C26H27N3O5S2/c1-5-15-28(16-6-2)36(32,33)21-12-9-19(10-13-21)24(30)27-26-29(17-7-3)22-14-11-20(18-23(22)35-26)25(31)34-8-4/h5-7,9-14,18H,1-3,8,15-17H2,4H3. The van der Waals surface area contributed by atoms with Crippen molar-refractivity contribution in [2.75, 3.05) is 19.7 Å². The zero-order valence-electron chi connectivity index (χ0n) is 19.9. The minimum Gasteiger partial charge on any atom is -0.462 e. The third-order valence-corrected chi connectivity index (χ3v) is 7.99. The average Bonchev–Trinajstić information content (AvgIpc) is 3.20. The number of ether oxygens (including phenoxy) is 1. The Morgan fingerprint density at radius 2 is 1.67 bits per heavy atom. The van der Waals surface area contributed by atoms with E-state index in [2.05, 4.69) is 24.7 Å². The van der Waals surface area contributed by atoms with Crippen LogP contribution in [0.1, 0.15) is 27.6 Å². The van der Waals surface area contributed by atoms with Crippen LogP contribution in [0, 0.1) is 0 Å². The number of carbonyl (C=O) groups excluding carboxylic acids is 2. The molecule has 1 aromatic heterocycles. The molecular weight excluding hydrogens is 498 g/mol. The Balaban J connectivity index is 1.98. The van der Waals surface area contributed by atoms with E-state index >= 15 is 0 Å². The molecule has 0 atom stereocenters. The van der Waals surface area contributed by atoms with E-state index in [-0.39, 0.29) is 30.2 Å². The van der Waals surface area contributed by atoms with Crippen LogP contribution in [0.3, 0.4) is 0 Å². The molecule has 3 rings (SSSR count). The molecule has 8 nitrogen and oxygen atoms in total. The highest BCUT2D eigenvalue weighted by Gasteiger charge is 2.22. The Labute approximate surface area is 214 Å². The van der Waals surface area contributed by atoms with Crippen molar-refractivity contribution in [3.63, 3.8) is 0 Å². The van der Waals surface area contributed by atoms with Crippen molar-refractivity contribution >= 4 is 43.5 Å². The van der Waals surface area contributed by atoms with Gasteiger partial charge in [-0.1, -0.05) is 29.6 Å². The molecule has 0 aliphatic rings. The van der Waals surface area contributed by atoms with E-state index in [0.717, 1.165) is 10.2 Å². The molecule has 0 N–H and O–H groups in total. The van der Waals surface area contributed by atoms with Crippen LogP contribution in [0.2, 0.25) is 0 Å². The third-order valence-electron chi connectivity index (χ3n) is 5.11. The van der Waals surface area contributed by atoms with Gasteiger partial charge in [0.05, 0.1) is 27.3 Å². The topological polar surface area (TPSA) is 98.0 Å². The van der Waals surface area contributed by atoms with E-state index in [9.17, 15) is 18.0 Å². The summed E-state index contributed by atoms with van der Waals surface area (Å²) in [5.41, 5.74) is 1.45. The summed E-state index contributed by atoms with van der Waals surface area (Å²) in [6.07, 6.45) is 4.68. The summed E-state index contributed by atoms with van der Waals surface area (Å²) in [4.78, 5) is 29.8. The normalized spacial score (nSPS) is 12.0. The van der Waals surface area contributed by atoms with Crippen LogP contribution in [0.4, 0.5) is 0 Å². The fourth-order valence-corrected chi connectivity index (χ4v) is 5.89. The van der Waals surface area contributed by atoms with Gasteiger partial charge in [0, 0.05) is 25.2 Å². The van der Waals surface area contributed by atoms with Gasteiger partial charge < -0.3 is 9.30 Å². The lowest BCUT2D eigenvalue weighted by atomic mass is 10.2.